The molecule has 0 aromatic rings. The highest BCUT2D eigenvalue weighted by molar-refractivity contribution is 6.91. The lowest BCUT2D eigenvalue weighted by Gasteiger charge is -2.48. The zero-order chi connectivity index (χ0) is 20.2. The summed E-state index contributed by atoms with van der Waals surface area (Å²) < 4.78 is 38.5. The Kier molecular flexibility index (Phi) is 8.85. The van der Waals surface area contributed by atoms with Crippen LogP contribution < -0.4 is 0 Å². The minimum atomic E-state index is -2.98. The van der Waals surface area contributed by atoms with E-state index < -0.39 is 34.7 Å². The van der Waals surface area contributed by atoms with Crippen molar-refractivity contribution in [1.29, 1.82) is 0 Å². The van der Waals surface area contributed by atoms with Gasteiger partial charge in [-0.2, -0.15) is 0 Å². The molecule has 0 amide bonds. The predicted octanol–water partition coefficient (Wildman–Crippen LogP) is 3.15. The van der Waals surface area contributed by atoms with E-state index in [1.165, 1.54) is 0 Å². The molecule has 1 aliphatic rings. The minimum Gasteiger partial charge on any atom is -0.393 e. The third-order valence-corrected chi connectivity index (χ3v) is 20.8. The lowest BCUT2D eigenvalue weighted by Crippen LogP contribution is -2.70. The van der Waals surface area contributed by atoms with E-state index >= 15 is 0 Å². The van der Waals surface area contributed by atoms with Crippen LogP contribution in [0.1, 0.15) is 26.7 Å². The van der Waals surface area contributed by atoms with Crippen LogP contribution in [0.25, 0.3) is 0 Å². The second-order valence-electron chi connectivity index (χ2n) is 7.71. The first-order valence-electron chi connectivity index (χ1n) is 9.32. The summed E-state index contributed by atoms with van der Waals surface area (Å²) in [6, 6.07) is 1.65. The smallest absolute Gasteiger partial charge is 0.393 e. The first kappa shape index (κ1) is 24.6. The van der Waals surface area contributed by atoms with Gasteiger partial charge in [0.1, 0.15) is 0 Å². The largest absolute Gasteiger partial charge is 0.496 e. The zero-order valence-corrected chi connectivity index (χ0v) is 22.2. The Hall–Kier alpha value is 0.548. The Labute approximate surface area is 163 Å². The fourth-order valence-corrected chi connectivity index (χ4v) is 23.6. The van der Waals surface area contributed by atoms with Crippen LogP contribution in [-0.2, 0) is 25.5 Å². The quantitative estimate of drug-likeness (QED) is 0.420. The third kappa shape index (κ3) is 7.52. The summed E-state index contributed by atoms with van der Waals surface area (Å²) in [7, 11) is -3.81. The maximum Gasteiger partial charge on any atom is 0.496 e. The van der Waals surface area contributed by atoms with Gasteiger partial charge in [-0.1, -0.05) is 26.7 Å². The van der Waals surface area contributed by atoms with Gasteiger partial charge in [-0.15, -0.1) is 0 Å². The van der Waals surface area contributed by atoms with Crippen LogP contribution in [0.15, 0.2) is 0 Å². The number of hydrogen-bond acceptors (Lipinski definition) is 8. The van der Waals surface area contributed by atoms with Crippen LogP contribution in [0.2, 0.25) is 38.3 Å². The van der Waals surface area contributed by atoms with Gasteiger partial charge in [0.15, 0.2) is 0 Å². The number of hydroxylamine groups is 4. The fraction of sp³-hybridized carbons (Fsp3) is 1.00. The van der Waals surface area contributed by atoms with Crippen molar-refractivity contribution in [2.75, 3.05) is 28.2 Å². The molecule has 0 N–H and O–H groups in total. The van der Waals surface area contributed by atoms with Gasteiger partial charge in [-0.3, -0.25) is 9.05 Å². The fourth-order valence-electron chi connectivity index (χ4n) is 3.50. The van der Waals surface area contributed by atoms with E-state index in [0.29, 0.717) is 0 Å². The van der Waals surface area contributed by atoms with Crippen molar-refractivity contribution in [2.24, 2.45) is 0 Å². The van der Waals surface area contributed by atoms with Crippen molar-refractivity contribution in [3.8, 4) is 0 Å². The average molecular weight is 443 g/mol. The van der Waals surface area contributed by atoms with Crippen molar-refractivity contribution in [2.45, 2.75) is 65.0 Å². The molecule has 1 aliphatic heterocycles. The first-order chi connectivity index (χ1) is 11.8. The van der Waals surface area contributed by atoms with E-state index in [4.69, 9.17) is 25.5 Å². The molecule has 26 heavy (non-hydrogen) atoms. The van der Waals surface area contributed by atoms with Gasteiger partial charge in [0, 0.05) is 41.3 Å². The summed E-state index contributed by atoms with van der Waals surface area (Å²) >= 11 is 0. The highest BCUT2D eigenvalue weighted by atomic mass is 28.5. The van der Waals surface area contributed by atoms with Gasteiger partial charge in [0.05, 0.1) is 0 Å². The van der Waals surface area contributed by atoms with Gasteiger partial charge >= 0.3 is 34.7 Å². The van der Waals surface area contributed by atoms with E-state index in [9.17, 15) is 0 Å². The van der Waals surface area contributed by atoms with Crippen LogP contribution in [0, 0.1) is 0 Å². The molecule has 0 spiro atoms. The SMILES string of the molecule is CCC[Si]1(C)O[Si](C)(ON(C)C)O[Si](C)(CCC)O[Si](C)(ON(C)C)O1. The highest BCUT2D eigenvalue weighted by Gasteiger charge is 2.60. The van der Waals surface area contributed by atoms with Crippen molar-refractivity contribution >= 4 is 34.7 Å². The summed E-state index contributed by atoms with van der Waals surface area (Å²) in [5.41, 5.74) is 0. The zero-order valence-electron chi connectivity index (χ0n) is 18.2. The Morgan fingerprint density at radius 3 is 1.08 bits per heavy atom. The summed E-state index contributed by atoms with van der Waals surface area (Å²) in [4.78, 5) is 0. The molecule has 1 rings (SSSR count). The van der Waals surface area contributed by atoms with E-state index in [1.807, 2.05) is 41.3 Å². The summed E-state index contributed by atoms with van der Waals surface area (Å²) in [5, 5.41) is 3.31. The molecular formula is C14H38N2O6Si4. The maximum absolute atomic E-state index is 6.60. The second-order valence-corrected chi connectivity index (χ2v) is 20.3. The molecule has 156 valence electrons. The first-order valence-corrected chi connectivity index (χ1v) is 18.8. The summed E-state index contributed by atoms with van der Waals surface area (Å²) in [6.45, 7) is 12.2. The maximum atomic E-state index is 6.60. The molecule has 0 unspecified atom stereocenters. The van der Waals surface area contributed by atoms with Crippen molar-refractivity contribution < 1.29 is 25.5 Å². The standard InChI is InChI=1S/C14H38N2O6Si4/c1-11-13-23(7)19-25(9,17-15(3)4)21-24(8,14-12-2)22-26(10,20-23)18-16(5)6/h11-14H2,1-10H3. The molecule has 0 saturated carbocycles. The third-order valence-electron chi connectivity index (χ3n) is 3.71. The molecular weight excluding hydrogens is 405 g/mol. The van der Waals surface area contributed by atoms with E-state index in [0.717, 1.165) is 24.9 Å². The molecule has 0 aromatic heterocycles. The average Bonchev–Trinajstić information content (AvgIpc) is 2.32. The van der Waals surface area contributed by atoms with Gasteiger partial charge in [0.2, 0.25) is 0 Å². The Morgan fingerprint density at radius 2 is 0.885 bits per heavy atom. The monoisotopic (exact) mass is 442 g/mol. The molecule has 12 heteroatoms. The van der Waals surface area contributed by atoms with Crippen LogP contribution in [0.5, 0.6) is 0 Å². The minimum absolute atomic E-state index is 0.824. The van der Waals surface area contributed by atoms with Crippen LogP contribution in [0.4, 0.5) is 0 Å². The Bertz CT molecular complexity index is 405. The lowest BCUT2D eigenvalue weighted by molar-refractivity contribution is -0.0808. The van der Waals surface area contributed by atoms with Crippen molar-refractivity contribution in [3.05, 3.63) is 0 Å². The molecule has 0 bridgehead atoms. The molecule has 1 heterocycles. The van der Waals surface area contributed by atoms with Crippen LogP contribution in [-0.4, -0.2) is 73.0 Å². The molecule has 1 saturated heterocycles. The lowest BCUT2D eigenvalue weighted by atomic mass is 10.6. The van der Waals surface area contributed by atoms with Crippen LogP contribution in [0.3, 0.4) is 0 Å². The van der Waals surface area contributed by atoms with Gasteiger partial charge < -0.3 is 16.5 Å². The van der Waals surface area contributed by atoms with Gasteiger partial charge in [-0.25, -0.2) is 10.1 Å². The van der Waals surface area contributed by atoms with Crippen LogP contribution >= 0.6 is 0 Å². The topological polar surface area (TPSA) is 61.9 Å². The Balaban J connectivity index is 3.31. The highest BCUT2D eigenvalue weighted by Crippen LogP contribution is 2.36. The molecule has 0 atom stereocenters. The predicted molar refractivity (Wildman–Crippen MR) is 111 cm³/mol. The van der Waals surface area contributed by atoms with Gasteiger partial charge in [-0.05, 0) is 25.2 Å². The number of nitrogens with zero attached hydrogens (tertiary/aromatic N) is 2. The van der Waals surface area contributed by atoms with E-state index in [2.05, 4.69) is 26.9 Å². The molecule has 0 aliphatic carbocycles. The molecule has 1 fully saturated rings. The molecule has 8 nitrogen and oxygen atoms in total. The Morgan fingerprint density at radius 1 is 0.615 bits per heavy atom. The number of rotatable bonds is 8. The van der Waals surface area contributed by atoms with E-state index in [1.54, 1.807) is 10.1 Å². The summed E-state index contributed by atoms with van der Waals surface area (Å²) in [6.07, 6.45) is 1.90. The number of hydrogen-bond donors (Lipinski definition) is 0. The molecule has 0 aromatic carbocycles. The normalized spacial score (nSPS) is 39.2. The summed E-state index contributed by atoms with van der Waals surface area (Å²) in [5.74, 6) is 0. The van der Waals surface area contributed by atoms with E-state index in [-0.39, 0.29) is 0 Å². The van der Waals surface area contributed by atoms with Crippen molar-refractivity contribution in [3.63, 3.8) is 0 Å². The van der Waals surface area contributed by atoms with Crippen molar-refractivity contribution in [1.82, 2.24) is 10.1 Å². The molecule has 0 radical (unpaired) electrons. The van der Waals surface area contributed by atoms with Gasteiger partial charge in [0.25, 0.3) is 0 Å². The second kappa shape index (κ2) is 9.36.